The number of nitrogens with zero attached hydrogens (tertiary/aromatic N) is 2. The van der Waals surface area contributed by atoms with Crippen LogP contribution >= 0.6 is 22.6 Å². The van der Waals surface area contributed by atoms with Gasteiger partial charge in [-0.1, -0.05) is 0 Å². The molecule has 0 atom stereocenters. The van der Waals surface area contributed by atoms with Crippen molar-refractivity contribution >= 4 is 28.4 Å². The SMILES string of the molecule is O=c1[nH]cnc(N2CCCO2)c1I. The van der Waals surface area contributed by atoms with Crippen LogP contribution in [0.15, 0.2) is 11.1 Å². The summed E-state index contributed by atoms with van der Waals surface area (Å²) in [6, 6.07) is 0. The number of aromatic nitrogens is 2. The van der Waals surface area contributed by atoms with Crippen molar-refractivity contribution in [1.29, 1.82) is 0 Å². The van der Waals surface area contributed by atoms with Crippen LogP contribution < -0.4 is 10.6 Å². The predicted octanol–water partition coefficient (Wildman–Crippen LogP) is 0.516. The van der Waals surface area contributed by atoms with Gasteiger partial charge in [0.15, 0.2) is 5.82 Å². The summed E-state index contributed by atoms with van der Waals surface area (Å²) in [6.45, 7) is 1.50. The molecule has 1 aliphatic heterocycles. The molecule has 1 aliphatic rings. The maximum atomic E-state index is 11.2. The summed E-state index contributed by atoms with van der Waals surface area (Å²) in [6.07, 6.45) is 2.37. The Labute approximate surface area is 88.2 Å². The monoisotopic (exact) mass is 293 g/mol. The zero-order chi connectivity index (χ0) is 9.26. The molecule has 0 radical (unpaired) electrons. The van der Waals surface area contributed by atoms with Gasteiger partial charge in [0.05, 0.1) is 12.9 Å². The van der Waals surface area contributed by atoms with E-state index in [4.69, 9.17) is 4.84 Å². The second-order valence-corrected chi connectivity index (χ2v) is 3.74. The number of nitrogens with one attached hydrogen (secondary N) is 1. The molecule has 6 heteroatoms. The molecule has 13 heavy (non-hydrogen) atoms. The van der Waals surface area contributed by atoms with Gasteiger partial charge >= 0.3 is 0 Å². The summed E-state index contributed by atoms with van der Waals surface area (Å²) < 4.78 is 0.571. The van der Waals surface area contributed by atoms with E-state index in [1.807, 2.05) is 22.6 Å². The Morgan fingerprint density at radius 1 is 1.69 bits per heavy atom. The molecule has 1 aromatic heterocycles. The average molecular weight is 293 g/mol. The van der Waals surface area contributed by atoms with Crippen LogP contribution in [0.25, 0.3) is 0 Å². The van der Waals surface area contributed by atoms with Crippen LogP contribution in [0.1, 0.15) is 6.42 Å². The Morgan fingerprint density at radius 2 is 2.54 bits per heavy atom. The second-order valence-electron chi connectivity index (χ2n) is 2.66. The number of hydroxylamine groups is 1. The smallest absolute Gasteiger partial charge is 0.266 e. The number of anilines is 1. The van der Waals surface area contributed by atoms with Crippen molar-refractivity contribution in [2.24, 2.45) is 0 Å². The van der Waals surface area contributed by atoms with Crippen molar-refractivity contribution in [2.45, 2.75) is 6.42 Å². The Morgan fingerprint density at radius 3 is 3.23 bits per heavy atom. The molecule has 0 aliphatic carbocycles. The van der Waals surface area contributed by atoms with Crippen LogP contribution in [-0.2, 0) is 4.84 Å². The lowest BCUT2D eigenvalue weighted by atomic mass is 10.4. The van der Waals surface area contributed by atoms with Gasteiger partial charge in [0.1, 0.15) is 3.57 Å². The van der Waals surface area contributed by atoms with Crippen LogP contribution in [0.4, 0.5) is 5.82 Å². The fraction of sp³-hybridized carbons (Fsp3) is 0.429. The summed E-state index contributed by atoms with van der Waals surface area (Å²) >= 11 is 1.97. The average Bonchev–Trinajstić information content (AvgIpc) is 2.62. The van der Waals surface area contributed by atoms with Crippen LogP contribution in [0, 0.1) is 3.57 Å². The van der Waals surface area contributed by atoms with E-state index in [1.54, 1.807) is 5.06 Å². The van der Waals surface area contributed by atoms with Gasteiger partial charge in [0.25, 0.3) is 5.56 Å². The maximum absolute atomic E-state index is 11.2. The van der Waals surface area contributed by atoms with Crippen molar-refractivity contribution in [3.63, 3.8) is 0 Å². The van der Waals surface area contributed by atoms with Crippen LogP contribution in [0.5, 0.6) is 0 Å². The Hall–Kier alpha value is -0.630. The molecular formula is C7H8IN3O2. The summed E-state index contributed by atoms with van der Waals surface area (Å²) in [5, 5.41) is 1.66. The minimum Gasteiger partial charge on any atom is -0.312 e. The van der Waals surface area contributed by atoms with E-state index in [-0.39, 0.29) is 5.56 Å². The molecule has 0 unspecified atom stereocenters. The molecule has 1 fully saturated rings. The summed E-state index contributed by atoms with van der Waals surface area (Å²) in [5.74, 6) is 0.613. The highest BCUT2D eigenvalue weighted by Gasteiger charge is 2.18. The highest BCUT2D eigenvalue weighted by atomic mass is 127. The summed E-state index contributed by atoms with van der Waals surface area (Å²) in [5.41, 5.74) is -0.124. The molecule has 0 bridgehead atoms. The molecule has 0 spiro atoms. The van der Waals surface area contributed by atoms with E-state index in [0.29, 0.717) is 16.0 Å². The van der Waals surface area contributed by atoms with E-state index >= 15 is 0 Å². The fourth-order valence-electron chi connectivity index (χ4n) is 1.16. The lowest BCUT2D eigenvalue weighted by molar-refractivity contribution is 0.165. The van der Waals surface area contributed by atoms with Gasteiger partial charge in [0, 0.05) is 6.54 Å². The number of hydrogen-bond acceptors (Lipinski definition) is 4. The molecule has 0 amide bonds. The van der Waals surface area contributed by atoms with E-state index in [2.05, 4.69) is 9.97 Å². The van der Waals surface area contributed by atoms with Crippen LogP contribution in [0.2, 0.25) is 0 Å². The zero-order valence-corrected chi connectivity index (χ0v) is 8.95. The molecule has 1 saturated heterocycles. The van der Waals surface area contributed by atoms with E-state index in [9.17, 15) is 4.79 Å². The van der Waals surface area contributed by atoms with Gasteiger partial charge in [-0.3, -0.25) is 9.63 Å². The van der Waals surface area contributed by atoms with Gasteiger partial charge in [-0.2, -0.15) is 0 Å². The number of rotatable bonds is 1. The molecule has 2 heterocycles. The molecule has 5 nitrogen and oxygen atoms in total. The summed E-state index contributed by atoms with van der Waals surface area (Å²) in [4.78, 5) is 23.1. The number of H-pyrrole nitrogens is 1. The minimum atomic E-state index is -0.124. The topological polar surface area (TPSA) is 58.2 Å². The van der Waals surface area contributed by atoms with Gasteiger partial charge in [-0.15, -0.1) is 0 Å². The van der Waals surface area contributed by atoms with Crippen LogP contribution in [-0.4, -0.2) is 23.1 Å². The van der Waals surface area contributed by atoms with Gasteiger partial charge in [-0.05, 0) is 29.0 Å². The van der Waals surface area contributed by atoms with Crippen molar-refractivity contribution in [3.05, 3.63) is 20.3 Å². The van der Waals surface area contributed by atoms with Gasteiger partial charge < -0.3 is 4.98 Å². The van der Waals surface area contributed by atoms with Crippen molar-refractivity contribution in [2.75, 3.05) is 18.2 Å². The number of halogens is 1. The first kappa shape index (κ1) is 8.95. The third-order valence-electron chi connectivity index (χ3n) is 1.77. The van der Waals surface area contributed by atoms with E-state index in [1.165, 1.54) is 6.33 Å². The lowest BCUT2D eigenvalue weighted by Gasteiger charge is -2.14. The van der Waals surface area contributed by atoms with Crippen molar-refractivity contribution < 1.29 is 4.84 Å². The lowest BCUT2D eigenvalue weighted by Crippen LogP contribution is -2.23. The maximum Gasteiger partial charge on any atom is 0.266 e. The molecule has 0 saturated carbocycles. The Bertz CT molecular complexity index is 359. The standard InChI is InChI=1S/C7H8IN3O2/c8-5-6(9-4-10-7(5)12)11-2-1-3-13-11/h4H,1-3H2,(H,9,10,12). The minimum absolute atomic E-state index is 0.124. The normalized spacial score (nSPS) is 16.5. The highest BCUT2D eigenvalue weighted by Crippen LogP contribution is 2.18. The molecule has 70 valence electrons. The van der Waals surface area contributed by atoms with Crippen molar-refractivity contribution in [1.82, 2.24) is 9.97 Å². The predicted molar refractivity (Wildman–Crippen MR) is 55.5 cm³/mol. The molecular weight excluding hydrogens is 285 g/mol. The second kappa shape index (κ2) is 3.62. The first-order valence-corrected chi connectivity index (χ1v) is 5.00. The Kier molecular flexibility index (Phi) is 2.49. The largest absolute Gasteiger partial charge is 0.312 e. The van der Waals surface area contributed by atoms with E-state index < -0.39 is 0 Å². The van der Waals surface area contributed by atoms with Gasteiger partial charge in [0.2, 0.25) is 0 Å². The number of hydrogen-bond donors (Lipinski definition) is 1. The zero-order valence-electron chi connectivity index (χ0n) is 6.79. The molecule has 2 rings (SSSR count). The van der Waals surface area contributed by atoms with Crippen LogP contribution in [0.3, 0.4) is 0 Å². The summed E-state index contributed by atoms with van der Waals surface area (Å²) in [7, 11) is 0. The molecule has 0 aromatic carbocycles. The van der Waals surface area contributed by atoms with Crippen molar-refractivity contribution in [3.8, 4) is 0 Å². The third kappa shape index (κ3) is 1.68. The number of aromatic amines is 1. The molecule has 1 aromatic rings. The van der Waals surface area contributed by atoms with E-state index in [0.717, 1.165) is 13.0 Å². The quantitative estimate of drug-likeness (QED) is 0.767. The fourth-order valence-corrected chi connectivity index (χ4v) is 1.73. The first-order chi connectivity index (χ1) is 6.29. The first-order valence-electron chi connectivity index (χ1n) is 3.92. The molecule has 1 N–H and O–H groups in total. The highest BCUT2D eigenvalue weighted by molar-refractivity contribution is 14.1. The Balaban J connectivity index is 2.39. The third-order valence-corrected chi connectivity index (χ3v) is 2.74. The van der Waals surface area contributed by atoms with Gasteiger partial charge in [-0.25, -0.2) is 10.0 Å².